The van der Waals surface area contributed by atoms with Crippen LogP contribution in [0.5, 0.6) is 0 Å². The van der Waals surface area contributed by atoms with Gasteiger partial charge in [-0.25, -0.2) is 5.90 Å². The number of nitrogens with two attached hydrogens (primary N) is 1. The molecule has 0 amide bonds. The van der Waals surface area contributed by atoms with E-state index in [1.165, 1.54) is 44.2 Å². The van der Waals surface area contributed by atoms with Gasteiger partial charge in [-0.15, -0.1) is 0 Å². The molecule has 0 radical (unpaired) electrons. The average molecular weight is 238 g/mol. The van der Waals surface area contributed by atoms with Crippen molar-refractivity contribution in [2.24, 2.45) is 5.90 Å². The van der Waals surface area contributed by atoms with Crippen molar-refractivity contribution in [2.45, 2.75) is 45.4 Å². The van der Waals surface area contributed by atoms with Gasteiger partial charge in [-0.1, -0.05) is 57.2 Å². The minimum absolute atomic E-state index is 1.11. The summed E-state index contributed by atoms with van der Waals surface area (Å²) >= 11 is 0. The fourth-order valence-corrected chi connectivity index (χ4v) is 1.69. The third kappa shape index (κ3) is 9.85. The van der Waals surface area contributed by atoms with Crippen molar-refractivity contribution in [2.75, 3.05) is 11.9 Å². The molecule has 4 N–H and O–H groups in total. The molecule has 98 valence electrons. The molecule has 3 heteroatoms. The molecule has 0 fully saturated rings. The quantitative estimate of drug-likeness (QED) is 0.477. The van der Waals surface area contributed by atoms with Crippen molar-refractivity contribution in [1.29, 1.82) is 0 Å². The summed E-state index contributed by atoms with van der Waals surface area (Å²) in [6.45, 7) is 3.37. The minimum atomic E-state index is 1.11. The van der Waals surface area contributed by atoms with E-state index >= 15 is 0 Å². The maximum Gasteiger partial charge on any atom is 0.0340 e. The lowest BCUT2D eigenvalue weighted by molar-refractivity contribution is 0.311. The lowest BCUT2D eigenvalue weighted by atomic mass is 10.1. The summed E-state index contributed by atoms with van der Waals surface area (Å²) in [5.41, 5.74) is 1.24. The molecular formula is C14H26N2O. The van der Waals surface area contributed by atoms with E-state index in [2.05, 4.69) is 48.5 Å². The number of hydrogen-bond donors (Lipinski definition) is 3. The largest absolute Gasteiger partial charge is 0.385 e. The van der Waals surface area contributed by atoms with Crippen LogP contribution in [0.15, 0.2) is 30.3 Å². The Morgan fingerprint density at radius 3 is 2.18 bits per heavy atom. The van der Waals surface area contributed by atoms with E-state index in [0.29, 0.717) is 0 Å². The zero-order valence-corrected chi connectivity index (χ0v) is 10.9. The van der Waals surface area contributed by atoms with Crippen LogP contribution in [0.2, 0.25) is 0 Å². The normalized spacial score (nSPS) is 9.35. The maximum atomic E-state index is 6.50. The van der Waals surface area contributed by atoms with Crippen LogP contribution in [0.25, 0.3) is 0 Å². The highest BCUT2D eigenvalue weighted by Crippen LogP contribution is 2.07. The first kappa shape index (κ1) is 15.9. The number of unbranched alkanes of at least 4 members (excludes halogenated alkanes) is 5. The molecule has 1 aromatic carbocycles. The third-order valence-electron chi connectivity index (χ3n) is 2.63. The number of nitrogens with one attached hydrogen (secondary N) is 1. The topological polar surface area (TPSA) is 58.3 Å². The Labute approximate surface area is 105 Å². The van der Waals surface area contributed by atoms with Gasteiger partial charge in [-0.05, 0) is 18.6 Å². The molecule has 0 atom stereocenters. The summed E-state index contributed by atoms with van der Waals surface area (Å²) in [5.74, 6) is 3.50. The van der Waals surface area contributed by atoms with Crippen LogP contribution in [-0.4, -0.2) is 11.8 Å². The fourth-order valence-electron chi connectivity index (χ4n) is 1.69. The van der Waals surface area contributed by atoms with Gasteiger partial charge in [-0.3, -0.25) is 0 Å². The van der Waals surface area contributed by atoms with Crippen molar-refractivity contribution in [1.82, 2.24) is 0 Å². The van der Waals surface area contributed by atoms with Crippen molar-refractivity contribution in [3.8, 4) is 0 Å². The van der Waals surface area contributed by atoms with Gasteiger partial charge in [0.15, 0.2) is 0 Å². The van der Waals surface area contributed by atoms with E-state index in [1.54, 1.807) is 0 Å². The van der Waals surface area contributed by atoms with Crippen molar-refractivity contribution < 1.29 is 5.21 Å². The predicted molar refractivity (Wildman–Crippen MR) is 74.3 cm³/mol. The summed E-state index contributed by atoms with van der Waals surface area (Å²) in [6.07, 6.45) is 8.18. The Hall–Kier alpha value is -1.06. The molecule has 1 aromatic rings. The highest BCUT2D eigenvalue weighted by molar-refractivity contribution is 5.42. The Morgan fingerprint density at radius 2 is 1.53 bits per heavy atom. The van der Waals surface area contributed by atoms with Gasteiger partial charge in [0.25, 0.3) is 0 Å². The van der Waals surface area contributed by atoms with Crippen LogP contribution in [0.4, 0.5) is 5.69 Å². The highest BCUT2D eigenvalue weighted by Gasteiger charge is 1.91. The molecule has 0 aliphatic rings. The van der Waals surface area contributed by atoms with E-state index in [4.69, 9.17) is 5.21 Å². The molecule has 0 bridgehead atoms. The van der Waals surface area contributed by atoms with Gasteiger partial charge in [0.1, 0.15) is 0 Å². The molecule has 0 aromatic heterocycles. The van der Waals surface area contributed by atoms with Crippen LogP contribution < -0.4 is 11.2 Å². The molecule has 0 spiro atoms. The SMILES string of the molecule is CCCCCCCCNc1ccccc1.NO. The summed E-state index contributed by atoms with van der Waals surface area (Å²) in [5, 5.41) is 9.94. The molecule has 0 saturated carbocycles. The van der Waals surface area contributed by atoms with Gasteiger partial charge in [0.2, 0.25) is 0 Å². The summed E-state index contributed by atoms with van der Waals surface area (Å²) in [6, 6.07) is 10.4. The predicted octanol–water partition coefficient (Wildman–Crippen LogP) is 3.79. The lowest BCUT2D eigenvalue weighted by Gasteiger charge is -2.05. The smallest absolute Gasteiger partial charge is 0.0340 e. The monoisotopic (exact) mass is 238 g/mol. The molecule has 0 saturated heterocycles. The highest BCUT2D eigenvalue weighted by atomic mass is 16.4. The molecule has 0 unspecified atom stereocenters. The molecular weight excluding hydrogens is 212 g/mol. The molecule has 0 aliphatic heterocycles. The number of rotatable bonds is 8. The molecule has 3 nitrogen and oxygen atoms in total. The number of benzene rings is 1. The van der Waals surface area contributed by atoms with Crippen LogP contribution in [0.1, 0.15) is 45.4 Å². The zero-order chi connectivity index (χ0) is 12.8. The Morgan fingerprint density at radius 1 is 0.941 bits per heavy atom. The minimum Gasteiger partial charge on any atom is -0.385 e. The first-order chi connectivity index (χ1) is 8.43. The Balaban J connectivity index is 0.00000121. The van der Waals surface area contributed by atoms with Crippen LogP contribution in [-0.2, 0) is 0 Å². The van der Waals surface area contributed by atoms with Crippen LogP contribution in [0.3, 0.4) is 0 Å². The average Bonchev–Trinajstić information content (AvgIpc) is 2.41. The van der Waals surface area contributed by atoms with Crippen molar-refractivity contribution >= 4 is 5.69 Å². The second-order valence-electron chi connectivity index (χ2n) is 4.06. The second kappa shape index (κ2) is 13.0. The van der Waals surface area contributed by atoms with Gasteiger partial charge in [0.05, 0.1) is 0 Å². The van der Waals surface area contributed by atoms with Crippen molar-refractivity contribution in [3.63, 3.8) is 0 Å². The Bertz CT molecular complexity index is 239. The standard InChI is InChI=1S/C14H23N.H3NO/c1-2-3-4-5-6-10-13-15-14-11-8-7-9-12-14;1-2/h7-9,11-12,15H,2-6,10,13H2,1H3;2H,1H2. The van der Waals surface area contributed by atoms with Gasteiger partial charge < -0.3 is 10.5 Å². The molecule has 0 heterocycles. The second-order valence-corrected chi connectivity index (χ2v) is 4.06. The molecule has 1 rings (SSSR count). The number of anilines is 1. The van der Waals surface area contributed by atoms with E-state index < -0.39 is 0 Å². The number of para-hydroxylation sites is 1. The van der Waals surface area contributed by atoms with Gasteiger partial charge >= 0.3 is 0 Å². The first-order valence-corrected chi connectivity index (χ1v) is 6.48. The van der Waals surface area contributed by atoms with Crippen LogP contribution >= 0.6 is 0 Å². The first-order valence-electron chi connectivity index (χ1n) is 6.48. The summed E-state index contributed by atoms with van der Waals surface area (Å²) in [4.78, 5) is 0. The van der Waals surface area contributed by atoms with E-state index in [1.807, 2.05) is 0 Å². The van der Waals surface area contributed by atoms with Gasteiger partial charge in [-0.2, -0.15) is 0 Å². The lowest BCUT2D eigenvalue weighted by Crippen LogP contribution is -2.00. The number of hydrogen-bond acceptors (Lipinski definition) is 3. The van der Waals surface area contributed by atoms with Crippen molar-refractivity contribution in [3.05, 3.63) is 30.3 Å². The summed E-state index contributed by atoms with van der Waals surface area (Å²) in [7, 11) is 0. The van der Waals surface area contributed by atoms with Gasteiger partial charge in [0, 0.05) is 12.2 Å². The third-order valence-corrected chi connectivity index (χ3v) is 2.63. The Kier molecular flexibility index (Phi) is 12.2. The summed E-state index contributed by atoms with van der Waals surface area (Å²) < 4.78 is 0. The fraction of sp³-hybridized carbons (Fsp3) is 0.571. The molecule has 0 aliphatic carbocycles. The molecule has 17 heavy (non-hydrogen) atoms. The zero-order valence-electron chi connectivity index (χ0n) is 10.9. The van der Waals surface area contributed by atoms with E-state index in [9.17, 15) is 0 Å². The van der Waals surface area contributed by atoms with Crippen LogP contribution in [0, 0.1) is 0 Å². The van der Waals surface area contributed by atoms with E-state index in [-0.39, 0.29) is 0 Å². The maximum absolute atomic E-state index is 6.50. The van der Waals surface area contributed by atoms with E-state index in [0.717, 1.165) is 6.54 Å².